The highest BCUT2D eigenvalue weighted by atomic mass is 16.3. The van der Waals surface area contributed by atoms with Gasteiger partial charge in [-0.3, -0.25) is 0 Å². The van der Waals surface area contributed by atoms with E-state index in [4.69, 9.17) is 0 Å². The predicted molar refractivity (Wildman–Crippen MR) is 58.1 cm³/mol. The lowest BCUT2D eigenvalue weighted by molar-refractivity contribution is 0.101. The van der Waals surface area contributed by atoms with Crippen molar-refractivity contribution in [3.8, 4) is 0 Å². The highest BCUT2D eigenvalue weighted by Gasteiger charge is 2.19. The van der Waals surface area contributed by atoms with E-state index >= 15 is 0 Å². The molecule has 0 bridgehead atoms. The number of hydrogen-bond acceptors (Lipinski definition) is 1. The van der Waals surface area contributed by atoms with E-state index in [-0.39, 0.29) is 6.10 Å². The van der Waals surface area contributed by atoms with Crippen molar-refractivity contribution in [3.05, 3.63) is 35.9 Å². The van der Waals surface area contributed by atoms with Gasteiger partial charge in [-0.05, 0) is 37.2 Å². The van der Waals surface area contributed by atoms with E-state index in [1.807, 2.05) is 0 Å². The molecule has 1 aromatic rings. The summed E-state index contributed by atoms with van der Waals surface area (Å²) in [6.45, 7) is 0. The maximum Gasteiger partial charge on any atom is 0.0543 e. The van der Waals surface area contributed by atoms with Gasteiger partial charge in [0.2, 0.25) is 0 Å². The van der Waals surface area contributed by atoms with Crippen LogP contribution in [0.25, 0.3) is 0 Å². The van der Waals surface area contributed by atoms with Crippen molar-refractivity contribution >= 4 is 0 Å². The van der Waals surface area contributed by atoms with Crippen molar-refractivity contribution in [2.45, 2.75) is 38.2 Å². The summed E-state index contributed by atoms with van der Waals surface area (Å²) < 4.78 is 0. The first kappa shape index (κ1) is 9.72. The number of benzene rings is 1. The minimum absolute atomic E-state index is 0.0440. The van der Waals surface area contributed by atoms with Gasteiger partial charge < -0.3 is 5.11 Å². The summed E-state index contributed by atoms with van der Waals surface area (Å²) in [5, 5.41) is 9.56. The molecule has 1 aliphatic rings. The summed E-state index contributed by atoms with van der Waals surface area (Å²) in [6, 6.07) is 10.6. The summed E-state index contributed by atoms with van der Waals surface area (Å²) in [5.74, 6) is 0.696. The van der Waals surface area contributed by atoms with Gasteiger partial charge in [0.1, 0.15) is 0 Å². The topological polar surface area (TPSA) is 20.2 Å². The van der Waals surface area contributed by atoms with Gasteiger partial charge in [0.25, 0.3) is 0 Å². The van der Waals surface area contributed by atoms with Gasteiger partial charge in [0, 0.05) is 0 Å². The van der Waals surface area contributed by atoms with E-state index in [0.717, 1.165) is 19.3 Å². The maximum atomic E-state index is 9.56. The number of aliphatic hydroxyl groups is 1. The Balaban J connectivity index is 1.91. The first-order valence-corrected chi connectivity index (χ1v) is 5.56. The van der Waals surface area contributed by atoms with Gasteiger partial charge in [0.15, 0.2) is 0 Å². The average Bonchev–Trinajstić information content (AvgIpc) is 2.19. The van der Waals surface area contributed by atoms with Crippen molar-refractivity contribution in [2.75, 3.05) is 0 Å². The molecule has 1 fully saturated rings. The van der Waals surface area contributed by atoms with Crippen LogP contribution in [0.1, 0.15) is 31.2 Å². The van der Waals surface area contributed by atoms with Gasteiger partial charge in [0.05, 0.1) is 6.10 Å². The zero-order chi connectivity index (χ0) is 9.80. The molecule has 1 saturated carbocycles. The third-order valence-corrected chi connectivity index (χ3v) is 3.12. The van der Waals surface area contributed by atoms with Gasteiger partial charge in [-0.25, -0.2) is 0 Å². The van der Waals surface area contributed by atoms with Gasteiger partial charge in [-0.1, -0.05) is 36.8 Å². The molecular weight excluding hydrogens is 172 g/mol. The molecule has 14 heavy (non-hydrogen) atoms. The molecule has 1 nitrogen and oxygen atoms in total. The lowest BCUT2D eigenvalue weighted by Crippen LogP contribution is -2.20. The second kappa shape index (κ2) is 4.61. The molecule has 0 spiro atoms. The zero-order valence-corrected chi connectivity index (χ0v) is 8.52. The molecule has 2 atom stereocenters. The maximum absolute atomic E-state index is 9.56. The van der Waals surface area contributed by atoms with E-state index in [2.05, 4.69) is 30.3 Å². The van der Waals surface area contributed by atoms with Crippen LogP contribution in [0.2, 0.25) is 0 Å². The Bertz CT molecular complexity index is 268. The first-order chi connectivity index (χ1) is 6.84. The molecule has 1 N–H and O–H groups in total. The molecule has 2 unspecified atom stereocenters. The van der Waals surface area contributed by atoms with Crippen LogP contribution in [0.5, 0.6) is 0 Å². The summed E-state index contributed by atoms with van der Waals surface area (Å²) in [5.41, 5.74) is 1.41. The molecule has 0 heterocycles. The summed E-state index contributed by atoms with van der Waals surface area (Å²) in [4.78, 5) is 0. The van der Waals surface area contributed by atoms with Gasteiger partial charge in [-0.2, -0.15) is 0 Å². The van der Waals surface area contributed by atoms with Crippen LogP contribution >= 0.6 is 0 Å². The minimum atomic E-state index is -0.0440. The molecule has 0 aliphatic heterocycles. The molecule has 0 radical (unpaired) electrons. The number of rotatable bonds is 2. The van der Waals surface area contributed by atoms with Crippen molar-refractivity contribution in [1.82, 2.24) is 0 Å². The van der Waals surface area contributed by atoms with Crippen molar-refractivity contribution in [1.29, 1.82) is 0 Å². The fraction of sp³-hybridized carbons (Fsp3) is 0.538. The smallest absolute Gasteiger partial charge is 0.0543 e. The Hall–Kier alpha value is -0.820. The largest absolute Gasteiger partial charge is 0.393 e. The molecule has 1 heteroatoms. The summed E-state index contributed by atoms with van der Waals surface area (Å²) in [6.07, 6.45) is 5.57. The average molecular weight is 190 g/mol. The van der Waals surface area contributed by atoms with Gasteiger partial charge in [-0.15, -0.1) is 0 Å². The second-order valence-electron chi connectivity index (χ2n) is 4.38. The lowest BCUT2D eigenvalue weighted by atomic mass is 9.83. The van der Waals surface area contributed by atoms with Crippen LogP contribution in [-0.4, -0.2) is 11.2 Å². The van der Waals surface area contributed by atoms with Crippen LogP contribution in [0, 0.1) is 5.92 Å². The molecule has 0 amide bonds. The van der Waals surface area contributed by atoms with Crippen molar-refractivity contribution in [2.24, 2.45) is 5.92 Å². The molecule has 1 aromatic carbocycles. The first-order valence-electron chi connectivity index (χ1n) is 5.56. The molecule has 76 valence electrons. The second-order valence-corrected chi connectivity index (χ2v) is 4.38. The van der Waals surface area contributed by atoms with E-state index in [9.17, 15) is 5.11 Å². The lowest BCUT2D eigenvalue weighted by Gasteiger charge is -2.25. The molecule has 2 rings (SSSR count). The number of hydrogen-bond donors (Lipinski definition) is 1. The van der Waals surface area contributed by atoms with Crippen LogP contribution in [0.3, 0.4) is 0 Å². The Morgan fingerprint density at radius 2 is 1.93 bits per heavy atom. The van der Waals surface area contributed by atoms with Crippen molar-refractivity contribution in [3.63, 3.8) is 0 Å². The van der Waals surface area contributed by atoms with Crippen molar-refractivity contribution < 1.29 is 5.11 Å². The standard InChI is InChI=1S/C13H18O/c14-13-8-4-7-12(10-13)9-11-5-2-1-3-6-11/h1-3,5-6,12-14H,4,7-10H2. The normalized spacial score (nSPS) is 27.5. The number of aliphatic hydroxyl groups excluding tert-OH is 1. The zero-order valence-electron chi connectivity index (χ0n) is 8.52. The highest BCUT2D eigenvalue weighted by Crippen LogP contribution is 2.27. The van der Waals surface area contributed by atoms with E-state index in [0.29, 0.717) is 5.92 Å². The van der Waals surface area contributed by atoms with E-state index in [1.54, 1.807) is 0 Å². The molecule has 1 aliphatic carbocycles. The quantitative estimate of drug-likeness (QED) is 0.760. The van der Waals surface area contributed by atoms with Crippen LogP contribution in [0.15, 0.2) is 30.3 Å². The molecular formula is C13H18O. The summed E-state index contributed by atoms with van der Waals surface area (Å²) in [7, 11) is 0. The van der Waals surface area contributed by atoms with E-state index in [1.165, 1.54) is 18.4 Å². The Kier molecular flexibility index (Phi) is 3.20. The molecule has 0 saturated heterocycles. The Morgan fingerprint density at radius 1 is 1.14 bits per heavy atom. The SMILES string of the molecule is OC1CCCC(Cc2ccccc2)C1. The highest BCUT2D eigenvalue weighted by molar-refractivity contribution is 5.15. The van der Waals surface area contributed by atoms with Crippen LogP contribution < -0.4 is 0 Å². The predicted octanol–water partition coefficient (Wildman–Crippen LogP) is 2.78. The molecule has 0 aromatic heterocycles. The summed E-state index contributed by atoms with van der Waals surface area (Å²) >= 11 is 0. The van der Waals surface area contributed by atoms with Gasteiger partial charge >= 0.3 is 0 Å². The van der Waals surface area contributed by atoms with Crippen LogP contribution in [0.4, 0.5) is 0 Å². The van der Waals surface area contributed by atoms with Crippen LogP contribution in [-0.2, 0) is 6.42 Å². The van der Waals surface area contributed by atoms with E-state index < -0.39 is 0 Å². The monoisotopic (exact) mass is 190 g/mol. The third-order valence-electron chi connectivity index (χ3n) is 3.12. The Labute approximate surface area is 85.8 Å². The Morgan fingerprint density at radius 3 is 2.64 bits per heavy atom. The third kappa shape index (κ3) is 2.58. The fourth-order valence-electron chi connectivity index (χ4n) is 2.40. The fourth-order valence-corrected chi connectivity index (χ4v) is 2.40. The minimum Gasteiger partial charge on any atom is -0.393 e.